The fourth-order valence-corrected chi connectivity index (χ4v) is 1.95. The molecule has 0 aromatic heterocycles. The number of aliphatic hydroxyl groups is 1. The number of halogens is 1. The highest BCUT2D eigenvalue weighted by molar-refractivity contribution is 5.75. The fraction of sp³-hybridized carbons (Fsp3) is 0.267. The lowest BCUT2D eigenvalue weighted by Crippen LogP contribution is -2.18. The minimum absolute atomic E-state index is 0.0412. The van der Waals surface area contributed by atoms with Gasteiger partial charge in [-0.2, -0.15) is 5.26 Å². The van der Waals surface area contributed by atoms with Crippen molar-refractivity contribution < 1.29 is 14.2 Å². The quantitative estimate of drug-likeness (QED) is 0.849. The highest BCUT2D eigenvalue weighted by Crippen LogP contribution is 2.24. The van der Waals surface area contributed by atoms with E-state index in [0.29, 0.717) is 6.42 Å². The molecule has 1 aliphatic carbocycles. The first-order valence-electron chi connectivity index (χ1n) is 6.02. The molecule has 3 nitrogen and oxygen atoms in total. The van der Waals surface area contributed by atoms with Crippen molar-refractivity contribution in [3.05, 3.63) is 53.4 Å². The Bertz CT molecular complexity index is 570. The highest BCUT2D eigenvalue weighted by atomic mass is 19.1. The van der Waals surface area contributed by atoms with Crippen LogP contribution >= 0.6 is 0 Å². The number of ether oxygens (including phenoxy) is 1. The van der Waals surface area contributed by atoms with Crippen LogP contribution in [0.3, 0.4) is 0 Å². The summed E-state index contributed by atoms with van der Waals surface area (Å²) < 4.78 is 18.8. The molecule has 1 aromatic carbocycles. The number of nitrogens with zero attached hydrogens (tertiary/aromatic N) is 1. The molecule has 1 N–H and O–H groups in total. The summed E-state index contributed by atoms with van der Waals surface area (Å²) in [5.41, 5.74) is 1.65. The van der Waals surface area contributed by atoms with Crippen molar-refractivity contribution >= 4 is 5.57 Å². The predicted octanol–water partition coefficient (Wildman–Crippen LogP) is 2.76. The lowest BCUT2D eigenvalue weighted by Gasteiger charge is -2.18. The second-order valence-corrected chi connectivity index (χ2v) is 4.33. The van der Waals surface area contributed by atoms with E-state index in [2.05, 4.69) is 0 Å². The Morgan fingerprint density at radius 1 is 1.53 bits per heavy atom. The minimum atomic E-state index is -0.808. The first-order valence-corrected chi connectivity index (χ1v) is 6.02. The third-order valence-electron chi connectivity index (χ3n) is 2.86. The van der Waals surface area contributed by atoms with Crippen LogP contribution in [-0.4, -0.2) is 17.5 Å². The molecule has 2 atom stereocenters. The second kappa shape index (κ2) is 5.79. The average Bonchev–Trinajstić information content (AvgIpc) is 2.39. The van der Waals surface area contributed by atoms with Gasteiger partial charge in [0.15, 0.2) is 6.29 Å². The van der Waals surface area contributed by atoms with Crippen LogP contribution in [0.25, 0.3) is 5.57 Å². The number of benzene rings is 1. The van der Waals surface area contributed by atoms with Crippen LogP contribution in [0.2, 0.25) is 0 Å². The van der Waals surface area contributed by atoms with Gasteiger partial charge in [0.2, 0.25) is 0 Å². The van der Waals surface area contributed by atoms with Gasteiger partial charge >= 0.3 is 0 Å². The topological polar surface area (TPSA) is 53.2 Å². The van der Waals surface area contributed by atoms with Crippen molar-refractivity contribution in [2.75, 3.05) is 0 Å². The largest absolute Gasteiger partial charge is 0.368 e. The van der Waals surface area contributed by atoms with Crippen molar-refractivity contribution in [1.29, 1.82) is 5.26 Å². The van der Waals surface area contributed by atoms with Gasteiger partial charge in [-0.1, -0.05) is 24.3 Å². The van der Waals surface area contributed by atoms with Crippen molar-refractivity contribution in [2.45, 2.75) is 25.7 Å². The molecule has 0 amide bonds. The standard InChI is InChI=1S/C15H14FNO2/c1-10(18)19-14-6-4-11(5-7-14)12-2-3-13(9-17)15(16)8-12/h2-6,8,10,14,18H,7H2,1H3. The molecule has 1 aromatic rings. The van der Waals surface area contributed by atoms with Crippen LogP contribution in [0, 0.1) is 17.1 Å². The Hall–Kier alpha value is -1.96. The Morgan fingerprint density at radius 3 is 2.84 bits per heavy atom. The predicted molar refractivity (Wildman–Crippen MR) is 69.4 cm³/mol. The maximum Gasteiger partial charge on any atom is 0.152 e. The van der Waals surface area contributed by atoms with Gasteiger partial charge in [-0.15, -0.1) is 0 Å². The number of rotatable bonds is 3. The minimum Gasteiger partial charge on any atom is -0.368 e. The number of allylic oxidation sites excluding steroid dienone is 2. The monoisotopic (exact) mass is 259 g/mol. The van der Waals surface area contributed by atoms with Gasteiger partial charge in [0.1, 0.15) is 11.9 Å². The first kappa shape index (κ1) is 13.5. The molecule has 0 fully saturated rings. The van der Waals surface area contributed by atoms with Crippen LogP contribution < -0.4 is 0 Å². The molecule has 0 heterocycles. The SMILES string of the molecule is CC(O)OC1C=CC(c2ccc(C#N)c(F)c2)=CC1. The van der Waals surface area contributed by atoms with E-state index in [1.807, 2.05) is 18.2 Å². The third kappa shape index (κ3) is 3.28. The molecule has 0 radical (unpaired) electrons. The molecule has 0 saturated heterocycles. The van der Waals surface area contributed by atoms with E-state index in [1.54, 1.807) is 19.1 Å². The molecule has 98 valence electrons. The summed E-state index contributed by atoms with van der Waals surface area (Å²) in [6, 6.07) is 6.33. The molecule has 19 heavy (non-hydrogen) atoms. The summed E-state index contributed by atoms with van der Waals surface area (Å²) in [6.07, 6.45) is 5.24. The van der Waals surface area contributed by atoms with Gasteiger partial charge in [-0.05, 0) is 36.6 Å². The van der Waals surface area contributed by atoms with E-state index in [0.717, 1.165) is 11.1 Å². The van der Waals surface area contributed by atoms with E-state index in [1.165, 1.54) is 12.1 Å². The molecular formula is C15H14FNO2. The number of nitriles is 1. The van der Waals surface area contributed by atoms with Crippen molar-refractivity contribution in [2.24, 2.45) is 0 Å². The van der Waals surface area contributed by atoms with Crippen LogP contribution in [0.4, 0.5) is 4.39 Å². The molecule has 4 heteroatoms. The van der Waals surface area contributed by atoms with Gasteiger partial charge in [0.25, 0.3) is 0 Å². The molecule has 0 spiro atoms. The van der Waals surface area contributed by atoms with Crippen LogP contribution in [-0.2, 0) is 4.74 Å². The fourth-order valence-electron chi connectivity index (χ4n) is 1.95. The second-order valence-electron chi connectivity index (χ2n) is 4.33. The molecule has 0 saturated carbocycles. The van der Waals surface area contributed by atoms with E-state index in [9.17, 15) is 4.39 Å². The van der Waals surface area contributed by atoms with E-state index >= 15 is 0 Å². The Morgan fingerprint density at radius 2 is 2.32 bits per heavy atom. The first-order chi connectivity index (χ1) is 9.10. The summed E-state index contributed by atoms with van der Waals surface area (Å²) in [5.74, 6) is -0.517. The molecule has 0 bridgehead atoms. The normalized spacial score (nSPS) is 19.7. The van der Waals surface area contributed by atoms with Gasteiger partial charge in [-0.3, -0.25) is 0 Å². The van der Waals surface area contributed by atoms with Crippen molar-refractivity contribution in [1.82, 2.24) is 0 Å². The van der Waals surface area contributed by atoms with Crippen LogP contribution in [0.5, 0.6) is 0 Å². The van der Waals surface area contributed by atoms with Gasteiger partial charge < -0.3 is 9.84 Å². The highest BCUT2D eigenvalue weighted by Gasteiger charge is 2.13. The maximum absolute atomic E-state index is 13.5. The lowest BCUT2D eigenvalue weighted by molar-refractivity contribution is -0.108. The summed E-state index contributed by atoms with van der Waals surface area (Å²) >= 11 is 0. The van der Waals surface area contributed by atoms with E-state index < -0.39 is 12.1 Å². The van der Waals surface area contributed by atoms with Crippen molar-refractivity contribution in [3.8, 4) is 6.07 Å². The third-order valence-corrected chi connectivity index (χ3v) is 2.86. The summed E-state index contributed by atoms with van der Waals surface area (Å²) in [7, 11) is 0. The number of hydrogen-bond donors (Lipinski definition) is 1. The van der Waals surface area contributed by atoms with E-state index in [-0.39, 0.29) is 11.7 Å². The average molecular weight is 259 g/mol. The summed E-state index contributed by atoms with van der Waals surface area (Å²) in [5, 5.41) is 17.8. The number of aliphatic hydroxyl groups excluding tert-OH is 1. The Balaban J connectivity index is 2.13. The smallest absolute Gasteiger partial charge is 0.152 e. The van der Waals surface area contributed by atoms with Gasteiger partial charge in [-0.25, -0.2) is 4.39 Å². The Labute approximate surface area is 111 Å². The zero-order chi connectivity index (χ0) is 13.8. The van der Waals surface area contributed by atoms with Gasteiger partial charge in [0, 0.05) is 0 Å². The summed E-state index contributed by atoms with van der Waals surface area (Å²) in [4.78, 5) is 0. The molecular weight excluding hydrogens is 245 g/mol. The van der Waals surface area contributed by atoms with E-state index in [4.69, 9.17) is 15.1 Å². The lowest BCUT2D eigenvalue weighted by atomic mass is 9.97. The summed E-state index contributed by atoms with van der Waals surface area (Å²) in [6.45, 7) is 1.56. The Kier molecular flexibility index (Phi) is 4.10. The van der Waals surface area contributed by atoms with Crippen LogP contribution in [0.15, 0.2) is 36.4 Å². The zero-order valence-electron chi connectivity index (χ0n) is 10.5. The molecule has 2 unspecified atom stereocenters. The van der Waals surface area contributed by atoms with Gasteiger partial charge in [0.05, 0.1) is 11.7 Å². The molecule has 2 rings (SSSR count). The number of hydrogen-bond acceptors (Lipinski definition) is 3. The molecule has 0 aliphatic heterocycles. The zero-order valence-corrected chi connectivity index (χ0v) is 10.5. The maximum atomic E-state index is 13.5. The molecule has 1 aliphatic rings. The van der Waals surface area contributed by atoms with Crippen molar-refractivity contribution in [3.63, 3.8) is 0 Å². The van der Waals surface area contributed by atoms with Crippen LogP contribution in [0.1, 0.15) is 24.5 Å².